The maximum atomic E-state index is 13.0. The van der Waals surface area contributed by atoms with Gasteiger partial charge in [-0.2, -0.15) is 5.10 Å². The Hall–Kier alpha value is -3.75. The van der Waals surface area contributed by atoms with E-state index in [4.69, 9.17) is 4.74 Å². The lowest BCUT2D eigenvalue weighted by Crippen LogP contribution is -2.13. The van der Waals surface area contributed by atoms with Crippen LogP contribution in [0, 0.1) is 15.9 Å². The molecule has 2 N–H and O–H groups in total. The fraction of sp³-hybridized carbons (Fsp3) is 0.0588. The first-order chi connectivity index (χ1) is 12.5. The van der Waals surface area contributed by atoms with Gasteiger partial charge in [0, 0.05) is 18.2 Å². The van der Waals surface area contributed by atoms with Gasteiger partial charge in [0.1, 0.15) is 11.6 Å². The molecule has 0 saturated carbocycles. The minimum atomic E-state index is -0.609. The summed E-state index contributed by atoms with van der Waals surface area (Å²) in [7, 11) is 1.36. The number of hydrogen-bond donors (Lipinski definition) is 2. The number of aromatic nitrogens is 2. The molecule has 1 heterocycles. The van der Waals surface area contributed by atoms with Gasteiger partial charge >= 0.3 is 0 Å². The number of amides is 1. The van der Waals surface area contributed by atoms with Crippen LogP contribution in [-0.2, 0) is 0 Å². The molecule has 0 aliphatic heterocycles. The van der Waals surface area contributed by atoms with Crippen molar-refractivity contribution in [3.05, 3.63) is 70.0 Å². The van der Waals surface area contributed by atoms with Crippen LogP contribution in [0.25, 0.3) is 11.3 Å². The van der Waals surface area contributed by atoms with Crippen LogP contribution >= 0.6 is 0 Å². The summed E-state index contributed by atoms with van der Waals surface area (Å²) in [6.07, 6.45) is 0. The van der Waals surface area contributed by atoms with E-state index in [1.165, 1.54) is 31.4 Å². The molecule has 0 radical (unpaired) electrons. The van der Waals surface area contributed by atoms with Gasteiger partial charge in [0.25, 0.3) is 11.6 Å². The number of nitro benzene ring substituents is 1. The Morgan fingerprint density at radius 1 is 1.23 bits per heavy atom. The molecule has 132 valence electrons. The molecule has 0 bridgehead atoms. The van der Waals surface area contributed by atoms with E-state index in [1.807, 2.05) is 0 Å². The lowest BCUT2D eigenvalue weighted by molar-refractivity contribution is -0.384. The Labute approximate surface area is 146 Å². The van der Waals surface area contributed by atoms with Gasteiger partial charge in [-0.3, -0.25) is 20.0 Å². The molecule has 1 aromatic heterocycles. The summed E-state index contributed by atoms with van der Waals surface area (Å²) in [5.74, 6) is -0.562. The average molecular weight is 356 g/mol. The van der Waals surface area contributed by atoms with Crippen molar-refractivity contribution in [1.82, 2.24) is 10.2 Å². The van der Waals surface area contributed by atoms with Crippen molar-refractivity contribution >= 4 is 17.4 Å². The molecular formula is C17H13FN4O4. The molecule has 8 nitrogen and oxygen atoms in total. The van der Waals surface area contributed by atoms with Crippen LogP contribution in [0.4, 0.5) is 15.9 Å². The fourth-order valence-corrected chi connectivity index (χ4v) is 2.33. The number of carbonyl (C=O) groups is 1. The summed E-state index contributed by atoms with van der Waals surface area (Å²) in [5, 5.41) is 20.1. The number of halogens is 1. The smallest absolute Gasteiger partial charge is 0.270 e. The molecule has 0 spiro atoms. The van der Waals surface area contributed by atoms with Gasteiger partial charge in [-0.1, -0.05) is 0 Å². The van der Waals surface area contributed by atoms with Crippen molar-refractivity contribution in [3.8, 4) is 17.0 Å². The van der Waals surface area contributed by atoms with E-state index < -0.39 is 10.8 Å². The number of hydrogen-bond acceptors (Lipinski definition) is 5. The number of nitrogens with zero attached hydrogens (tertiary/aromatic N) is 2. The van der Waals surface area contributed by atoms with E-state index in [0.29, 0.717) is 11.3 Å². The zero-order chi connectivity index (χ0) is 18.7. The highest BCUT2D eigenvalue weighted by Crippen LogP contribution is 2.25. The fourth-order valence-electron chi connectivity index (χ4n) is 2.33. The lowest BCUT2D eigenvalue weighted by atomic mass is 10.1. The van der Waals surface area contributed by atoms with Crippen molar-refractivity contribution in [2.24, 2.45) is 0 Å². The minimum Gasteiger partial charge on any atom is -0.496 e. The number of carbonyl (C=O) groups excluding carboxylic acids is 1. The van der Waals surface area contributed by atoms with E-state index in [0.717, 1.165) is 6.07 Å². The first kappa shape index (κ1) is 17.1. The van der Waals surface area contributed by atoms with Gasteiger partial charge in [0.15, 0.2) is 5.82 Å². The molecular weight excluding hydrogens is 343 g/mol. The Morgan fingerprint density at radius 2 is 1.96 bits per heavy atom. The second-order valence-corrected chi connectivity index (χ2v) is 5.27. The normalized spacial score (nSPS) is 10.4. The Bertz CT molecular complexity index is 969. The molecule has 0 fully saturated rings. The second-order valence-electron chi connectivity index (χ2n) is 5.27. The molecule has 0 aliphatic carbocycles. The number of rotatable bonds is 5. The number of non-ortho nitro benzene ring substituents is 1. The average Bonchev–Trinajstić information content (AvgIpc) is 3.10. The summed E-state index contributed by atoms with van der Waals surface area (Å²) in [6.45, 7) is 0. The summed E-state index contributed by atoms with van der Waals surface area (Å²) < 4.78 is 18.1. The largest absolute Gasteiger partial charge is 0.496 e. The predicted octanol–water partition coefficient (Wildman–Crippen LogP) is 3.38. The number of nitro groups is 1. The van der Waals surface area contributed by atoms with Crippen LogP contribution in [0.5, 0.6) is 5.75 Å². The molecule has 2 aromatic carbocycles. The van der Waals surface area contributed by atoms with Crippen LogP contribution in [0.2, 0.25) is 0 Å². The summed E-state index contributed by atoms with van der Waals surface area (Å²) in [5.41, 5.74) is 1.04. The number of benzene rings is 2. The molecule has 1 amide bonds. The minimum absolute atomic E-state index is 0.00744. The van der Waals surface area contributed by atoms with Crippen molar-refractivity contribution in [2.75, 3.05) is 12.4 Å². The Morgan fingerprint density at radius 3 is 2.62 bits per heavy atom. The number of nitrogens with one attached hydrogen (secondary N) is 2. The van der Waals surface area contributed by atoms with E-state index in [2.05, 4.69) is 15.5 Å². The van der Waals surface area contributed by atoms with Crippen LogP contribution in [0.3, 0.4) is 0 Å². The molecule has 0 aliphatic rings. The van der Waals surface area contributed by atoms with Gasteiger partial charge < -0.3 is 10.1 Å². The number of ether oxygens (including phenoxy) is 1. The summed E-state index contributed by atoms with van der Waals surface area (Å²) in [4.78, 5) is 22.7. The SMILES string of the molecule is COc1ccc([N+](=O)[O-])cc1C(=O)Nc1cc(-c2ccc(F)cc2)[nH]n1. The molecule has 0 unspecified atom stereocenters. The van der Waals surface area contributed by atoms with Gasteiger partial charge in [0.05, 0.1) is 23.3 Å². The van der Waals surface area contributed by atoms with E-state index in [1.54, 1.807) is 18.2 Å². The highest BCUT2D eigenvalue weighted by Gasteiger charge is 2.18. The lowest BCUT2D eigenvalue weighted by Gasteiger charge is -2.07. The zero-order valence-electron chi connectivity index (χ0n) is 13.5. The van der Waals surface area contributed by atoms with Crippen molar-refractivity contribution < 1.29 is 18.8 Å². The van der Waals surface area contributed by atoms with Crippen molar-refractivity contribution in [1.29, 1.82) is 0 Å². The number of H-pyrrole nitrogens is 1. The highest BCUT2D eigenvalue weighted by atomic mass is 19.1. The maximum Gasteiger partial charge on any atom is 0.270 e. The highest BCUT2D eigenvalue weighted by molar-refractivity contribution is 6.06. The first-order valence-corrected chi connectivity index (χ1v) is 7.43. The third-order valence-electron chi connectivity index (χ3n) is 3.61. The molecule has 3 rings (SSSR count). The first-order valence-electron chi connectivity index (χ1n) is 7.43. The van der Waals surface area contributed by atoms with E-state index in [-0.39, 0.29) is 28.6 Å². The van der Waals surface area contributed by atoms with Crippen molar-refractivity contribution in [3.63, 3.8) is 0 Å². The van der Waals surface area contributed by atoms with Gasteiger partial charge in [-0.15, -0.1) is 0 Å². The number of anilines is 1. The van der Waals surface area contributed by atoms with Gasteiger partial charge in [-0.05, 0) is 35.9 Å². The molecule has 3 aromatic rings. The zero-order valence-corrected chi connectivity index (χ0v) is 13.5. The Balaban J connectivity index is 1.83. The van der Waals surface area contributed by atoms with E-state index in [9.17, 15) is 19.3 Å². The van der Waals surface area contributed by atoms with Crippen LogP contribution < -0.4 is 10.1 Å². The number of aromatic amines is 1. The second kappa shape index (κ2) is 7.01. The van der Waals surface area contributed by atoms with Crippen LogP contribution in [0.15, 0.2) is 48.5 Å². The third kappa shape index (κ3) is 3.51. The van der Waals surface area contributed by atoms with Gasteiger partial charge in [0.2, 0.25) is 0 Å². The van der Waals surface area contributed by atoms with Crippen LogP contribution in [0.1, 0.15) is 10.4 Å². The monoisotopic (exact) mass is 356 g/mol. The van der Waals surface area contributed by atoms with Crippen molar-refractivity contribution in [2.45, 2.75) is 0 Å². The van der Waals surface area contributed by atoms with E-state index >= 15 is 0 Å². The quantitative estimate of drug-likeness (QED) is 0.538. The molecule has 0 saturated heterocycles. The van der Waals surface area contributed by atoms with Gasteiger partial charge in [-0.25, -0.2) is 4.39 Å². The third-order valence-corrected chi connectivity index (χ3v) is 3.61. The summed E-state index contributed by atoms with van der Waals surface area (Å²) >= 11 is 0. The topological polar surface area (TPSA) is 110 Å². The predicted molar refractivity (Wildman–Crippen MR) is 91.6 cm³/mol. The number of methoxy groups -OCH3 is 1. The summed E-state index contributed by atoms with van der Waals surface area (Å²) in [6, 6.07) is 11.0. The maximum absolute atomic E-state index is 13.0. The molecule has 0 atom stereocenters. The Kier molecular flexibility index (Phi) is 4.61. The molecule has 26 heavy (non-hydrogen) atoms. The standard InChI is InChI=1S/C17H13FN4O4/c1-26-15-7-6-12(22(24)25)8-13(15)17(23)19-16-9-14(20-21-16)10-2-4-11(18)5-3-10/h2-9H,1H3,(H2,19,20,21,23). The molecule has 9 heteroatoms. The van der Waals surface area contributed by atoms with Crippen LogP contribution in [-0.4, -0.2) is 28.1 Å².